The molecule has 0 bridgehead atoms. The molecule has 0 radical (unpaired) electrons. The molecule has 3 aliphatic heterocycles. The third-order valence-electron chi connectivity index (χ3n) is 7.57. The van der Waals surface area contributed by atoms with Crippen molar-refractivity contribution in [3.05, 3.63) is 69.3 Å². The van der Waals surface area contributed by atoms with Gasteiger partial charge in [0.1, 0.15) is 6.61 Å². The Kier molecular flexibility index (Phi) is 6.42. The number of carbonyl (C=O) groups is 2. The molecule has 1 saturated heterocycles. The summed E-state index contributed by atoms with van der Waals surface area (Å²) >= 11 is 0. The van der Waals surface area contributed by atoms with E-state index in [0.29, 0.717) is 43.3 Å². The molecule has 180 valence electrons. The first kappa shape index (κ1) is 23.0. The minimum atomic E-state index is -0.582. The molecule has 0 aromatic heterocycles. The van der Waals surface area contributed by atoms with Gasteiger partial charge in [-0.05, 0) is 54.7 Å². The second-order valence-electron chi connectivity index (χ2n) is 9.66. The number of aliphatic hydroxyl groups is 1. The molecule has 0 saturated carbocycles. The third kappa shape index (κ3) is 4.48. The van der Waals surface area contributed by atoms with Crippen LogP contribution in [0.1, 0.15) is 61.6 Å². The molecule has 34 heavy (non-hydrogen) atoms. The SMILES string of the molecule is Cc1c(CCN2CCN(CC(O)c3ccc4c(c3)CCOC4=O)C[C@H]2C)ccc2c1COC2=O. The minimum Gasteiger partial charge on any atom is -0.462 e. The van der Waals surface area contributed by atoms with Crippen molar-refractivity contribution in [2.24, 2.45) is 0 Å². The van der Waals surface area contributed by atoms with E-state index in [-0.39, 0.29) is 11.9 Å². The summed E-state index contributed by atoms with van der Waals surface area (Å²) < 4.78 is 10.3. The maximum Gasteiger partial charge on any atom is 0.338 e. The number of cyclic esters (lactones) is 2. The number of nitrogens with zero attached hydrogens (tertiary/aromatic N) is 2. The number of aliphatic hydroxyl groups excluding tert-OH is 1. The van der Waals surface area contributed by atoms with Crippen LogP contribution in [0.3, 0.4) is 0 Å². The van der Waals surface area contributed by atoms with Gasteiger partial charge >= 0.3 is 11.9 Å². The number of rotatable bonds is 6. The van der Waals surface area contributed by atoms with Crippen LogP contribution < -0.4 is 0 Å². The fourth-order valence-electron chi connectivity index (χ4n) is 5.41. The summed E-state index contributed by atoms with van der Waals surface area (Å²) in [7, 11) is 0. The van der Waals surface area contributed by atoms with Gasteiger partial charge in [-0.25, -0.2) is 9.59 Å². The van der Waals surface area contributed by atoms with Gasteiger partial charge in [0.05, 0.1) is 23.8 Å². The molecular weight excluding hydrogens is 432 g/mol. The maximum absolute atomic E-state index is 11.9. The van der Waals surface area contributed by atoms with Crippen molar-refractivity contribution in [1.29, 1.82) is 0 Å². The number of piperazine rings is 1. The smallest absolute Gasteiger partial charge is 0.338 e. The first-order valence-electron chi connectivity index (χ1n) is 12.1. The van der Waals surface area contributed by atoms with Crippen LogP contribution in [0.15, 0.2) is 30.3 Å². The van der Waals surface area contributed by atoms with Crippen LogP contribution in [0.25, 0.3) is 0 Å². The van der Waals surface area contributed by atoms with E-state index in [1.807, 2.05) is 18.2 Å². The number of fused-ring (bicyclic) bond motifs is 2. The Bertz CT molecular complexity index is 1110. The van der Waals surface area contributed by atoms with Crippen LogP contribution in [-0.4, -0.2) is 72.2 Å². The second-order valence-corrected chi connectivity index (χ2v) is 9.66. The van der Waals surface area contributed by atoms with Gasteiger partial charge in [-0.2, -0.15) is 0 Å². The lowest BCUT2D eigenvalue weighted by Crippen LogP contribution is -2.53. The lowest BCUT2D eigenvalue weighted by molar-refractivity contribution is 0.0449. The molecule has 3 heterocycles. The van der Waals surface area contributed by atoms with Gasteiger partial charge in [0.2, 0.25) is 0 Å². The molecule has 0 amide bonds. The highest BCUT2D eigenvalue weighted by Crippen LogP contribution is 2.27. The average Bonchev–Trinajstić information content (AvgIpc) is 3.21. The van der Waals surface area contributed by atoms with Gasteiger partial charge in [0.15, 0.2) is 0 Å². The highest BCUT2D eigenvalue weighted by Gasteiger charge is 2.27. The van der Waals surface area contributed by atoms with E-state index in [2.05, 4.69) is 29.7 Å². The molecule has 7 heteroatoms. The fraction of sp³-hybridized carbons (Fsp3) is 0.481. The van der Waals surface area contributed by atoms with E-state index in [4.69, 9.17) is 9.47 Å². The molecule has 2 aromatic carbocycles. The van der Waals surface area contributed by atoms with Crippen LogP contribution in [0, 0.1) is 6.92 Å². The number of hydrogen-bond donors (Lipinski definition) is 1. The van der Waals surface area contributed by atoms with Gasteiger partial charge < -0.3 is 14.6 Å². The van der Waals surface area contributed by atoms with Gasteiger partial charge in [-0.1, -0.05) is 18.2 Å². The lowest BCUT2D eigenvalue weighted by atomic mass is 9.96. The summed E-state index contributed by atoms with van der Waals surface area (Å²) in [6.45, 7) is 9.43. The second kappa shape index (κ2) is 9.49. The summed E-state index contributed by atoms with van der Waals surface area (Å²) in [6, 6.07) is 9.93. The van der Waals surface area contributed by atoms with Gasteiger partial charge in [-0.15, -0.1) is 0 Å². The van der Waals surface area contributed by atoms with Crippen molar-refractivity contribution in [2.45, 2.75) is 45.4 Å². The van der Waals surface area contributed by atoms with E-state index in [9.17, 15) is 14.7 Å². The summed E-state index contributed by atoms with van der Waals surface area (Å²) in [5.41, 5.74) is 6.63. The Balaban J connectivity index is 1.15. The highest BCUT2D eigenvalue weighted by molar-refractivity contribution is 5.94. The predicted octanol–water partition coefficient (Wildman–Crippen LogP) is 2.66. The van der Waals surface area contributed by atoms with Gasteiger partial charge in [-0.3, -0.25) is 9.80 Å². The fourth-order valence-corrected chi connectivity index (χ4v) is 5.41. The average molecular weight is 465 g/mol. The molecule has 0 spiro atoms. The summed E-state index contributed by atoms with van der Waals surface area (Å²) in [4.78, 5) is 28.5. The van der Waals surface area contributed by atoms with Crippen molar-refractivity contribution in [3.8, 4) is 0 Å². The van der Waals surface area contributed by atoms with Crippen LogP contribution >= 0.6 is 0 Å². The van der Waals surface area contributed by atoms with Crippen LogP contribution in [0.4, 0.5) is 0 Å². The number of esters is 2. The Morgan fingerprint density at radius 2 is 1.88 bits per heavy atom. The highest BCUT2D eigenvalue weighted by atomic mass is 16.5. The molecule has 3 aliphatic rings. The molecule has 2 aromatic rings. The van der Waals surface area contributed by atoms with E-state index < -0.39 is 6.10 Å². The maximum atomic E-state index is 11.9. The lowest BCUT2D eigenvalue weighted by Gasteiger charge is -2.40. The van der Waals surface area contributed by atoms with Gasteiger partial charge in [0, 0.05) is 50.7 Å². The van der Waals surface area contributed by atoms with Crippen molar-refractivity contribution in [3.63, 3.8) is 0 Å². The quantitative estimate of drug-likeness (QED) is 0.659. The standard InChI is InChI=1S/C27H32N2O5/c1-17-14-28(15-25(30)21-4-5-22-20(13-21)8-12-33-26(22)31)10-11-29(17)9-7-19-3-6-23-24(18(19)2)16-34-27(23)32/h3-6,13,17,25,30H,7-12,14-16H2,1-2H3/t17-,25?/m1/s1. The zero-order valence-corrected chi connectivity index (χ0v) is 19.9. The first-order valence-corrected chi connectivity index (χ1v) is 12.1. The summed E-state index contributed by atoms with van der Waals surface area (Å²) in [5, 5.41) is 10.9. The monoisotopic (exact) mass is 464 g/mol. The van der Waals surface area contributed by atoms with E-state index in [1.165, 1.54) is 11.1 Å². The molecule has 0 aliphatic carbocycles. The number of hydrogen-bond acceptors (Lipinski definition) is 7. The third-order valence-corrected chi connectivity index (χ3v) is 7.57. The van der Waals surface area contributed by atoms with Crippen LogP contribution in [-0.2, 0) is 28.9 Å². The van der Waals surface area contributed by atoms with Crippen LogP contribution in [0.2, 0.25) is 0 Å². The Labute approximate surface area is 200 Å². The van der Waals surface area contributed by atoms with Crippen molar-refractivity contribution < 1.29 is 24.2 Å². The number of benzene rings is 2. The van der Waals surface area contributed by atoms with E-state index in [0.717, 1.165) is 49.3 Å². The van der Waals surface area contributed by atoms with E-state index in [1.54, 1.807) is 6.07 Å². The Hall–Kier alpha value is -2.74. The number of carbonyl (C=O) groups excluding carboxylic acids is 2. The Morgan fingerprint density at radius 1 is 1.09 bits per heavy atom. The summed E-state index contributed by atoms with van der Waals surface area (Å²) in [5.74, 6) is -0.487. The molecular formula is C27H32N2O5. The largest absolute Gasteiger partial charge is 0.462 e. The van der Waals surface area contributed by atoms with Crippen molar-refractivity contribution in [2.75, 3.05) is 39.3 Å². The predicted molar refractivity (Wildman–Crippen MR) is 127 cm³/mol. The molecule has 1 fully saturated rings. The molecule has 7 nitrogen and oxygen atoms in total. The normalized spacial score (nSPS) is 21.6. The molecule has 1 N–H and O–H groups in total. The summed E-state index contributed by atoms with van der Waals surface area (Å²) in [6.07, 6.45) is 1.06. The molecule has 5 rings (SSSR count). The van der Waals surface area contributed by atoms with Gasteiger partial charge in [0.25, 0.3) is 0 Å². The zero-order valence-electron chi connectivity index (χ0n) is 19.9. The van der Waals surface area contributed by atoms with Crippen molar-refractivity contribution >= 4 is 11.9 Å². The first-order chi connectivity index (χ1) is 16.4. The van der Waals surface area contributed by atoms with Crippen LogP contribution in [0.5, 0.6) is 0 Å². The number of β-amino-alcohol motifs (C(OH)–C–C–N with tert-alkyl or cyclic N) is 1. The van der Waals surface area contributed by atoms with E-state index >= 15 is 0 Å². The van der Waals surface area contributed by atoms with Crippen molar-refractivity contribution in [1.82, 2.24) is 9.80 Å². The molecule has 1 unspecified atom stereocenters. The zero-order chi connectivity index (χ0) is 23.8. The minimum absolute atomic E-state index is 0.213. The Morgan fingerprint density at radius 3 is 2.71 bits per heavy atom. The molecule has 2 atom stereocenters. The number of ether oxygens (including phenoxy) is 2. The topological polar surface area (TPSA) is 79.3 Å².